The van der Waals surface area contributed by atoms with Crippen LogP contribution >= 0.6 is 11.6 Å². The lowest BCUT2D eigenvalue weighted by molar-refractivity contribution is -0.129. The van der Waals surface area contributed by atoms with E-state index in [0.29, 0.717) is 48.6 Å². The van der Waals surface area contributed by atoms with E-state index >= 15 is 0 Å². The van der Waals surface area contributed by atoms with Gasteiger partial charge in [-0.3, -0.25) is 9.48 Å². The summed E-state index contributed by atoms with van der Waals surface area (Å²) >= 11 is 6.24. The zero-order chi connectivity index (χ0) is 23.3. The Labute approximate surface area is 195 Å². The van der Waals surface area contributed by atoms with Gasteiger partial charge in [-0.2, -0.15) is 10.4 Å². The van der Waals surface area contributed by atoms with Crippen LogP contribution in [0.1, 0.15) is 40.8 Å². The van der Waals surface area contributed by atoms with Crippen molar-refractivity contribution >= 4 is 17.5 Å². The molecule has 0 spiro atoms. The number of amides is 1. The smallest absolute Gasteiger partial charge is 0.219 e. The molecule has 8 heteroatoms. The van der Waals surface area contributed by atoms with E-state index in [-0.39, 0.29) is 11.8 Å². The van der Waals surface area contributed by atoms with E-state index in [1.54, 1.807) is 24.0 Å². The summed E-state index contributed by atoms with van der Waals surface area (Å²) in [5.74, 6) is -0.775. The van der Waals surface area contributed by atoms with E-state index in [1.807, 2.05) is 16.8 Å². The normalized spacial score (nSPS) is 19.2. The lowest BCUT2D eigenvalue weighted by Crippen LogP contribution is -2.35. The van der Waals surface area contributed by atoms with Gasteiger partial charge in [-0.15, -0.1) is 0 Å². The van der Waals surface area contributed by atoms with Gasteiger partial charge in [-0.05, 0) is 35.4 Å². The molecule has 2 heterocycles. The number of fused-ring (bicyclic) bond motifs is 2. The highest BCUT2D eigenvalue weighted by atomic mass is 35.5. The molecule has 2 aliphatic rings. The quantitative estimate of drug-likeness (QED) is 0.638. The Morgan fingerprint density at radius 2 is 2.15 bits per heavy atom. The lowest BCUT2D eigenvalue weighted by Gasteiger charge is -2.27. The highest BCUT2D eigenvalue weighted by molar-refractivity contribution is 6.31. The Morgan fingerprint density at radius 1 is 1.33 bits per heavy atom. The van der Waals surface area contributed by atoms with Gasteiger partial charge in [0, 0.05) is 60.6 Å². The molecule has 0 saturated heterocycles. The van der Waals surface area contributed by atoms with Gasteiger partial charge in [0.05, 0.1) is 30.0 Å². The maximum absolute atomic E-state index is 14.1. The summed E-state index contributed by atoms with van der Waals surface area (Å²) in [7, 11) is 0. The van der Waals surface area contributed by atoms with Crippen LogP contribution in [0.15, 0.2) is 36.4 Å². The fraction of sp³-hybridized carbons (Fsp3) is 0.320. The van der Waals surface area contributed by atoms with E-state index in [4.69, 9.17) is 16.7 Å². The summed E-state index contributed by atoms with van der Waals surface area (Å²) in [4.78, 5) is 13.8. The van der Waals surface area contributed by atoms with Crippen LogP contribution in [0.4, 0.5) is 4.39 Å². The number of rotatable bonds is 3. The van der Waals surface area contributed by atoms with Gasteiger partial charge in [0.1, 0.15) is 5.82 Å². The van der Waals surface area contributed by atoms with Crippen LogP contribution < -0.4 is 0 Å². The topological polar surface area (TPSA) is 82.2 Å². The van der Waals surface area contributed by atoms with Crippen molar-refractivity contribution in [2.75, 3.05) is 6.54 Å². The fourth-order valence-corrected chi connectivity index (χ4v) is 5.30. The molecule has 1 unspecified atom stereocenters. The molecule has 1 aromatic heterocycles. The first-order valence-corrected chi connectivity index (χ1v) is 11.2. The number of nitriles is 1. The van der Waals surface area contributed by atoms with Gasteiger partial charge in [-0.25, -0.2) is 4.39 Å². The molecule has 2 aromatic carbocycles. The predicted octanol–water partition coefficient (Wildman–Crippen LogP) is 3.82. The SMILES string of the molecule is CC(=O)N1CCc2c(c(-c3cccc(C#N)c3)nn2CC2c3cc(F)cc(Cl)c3C[C@H]2O)C1. The third-order valence-corrected chi connectivity index (χ3v) is 7.02. The second-order valence-electron chi connectivity index (χ2n) is 8.67. The third-order valence-electron chi connectivity index (χ3n) is 6.69. The van der Waals surface area contributed by atoms with Crippen molar-refractivity contribution in [2.45, 2.75) is 44.9 Å². The van der Waals surface area contributed by atoms with Crippen molar-refractivity contribution in [1.82, 2.24) is 14.7 Å². The molecule has 5 rings (SSSR count). The minimum atomic E-state index is -0.693. The Bertz CT molecular complexity index is 1310. The molecular formula is C25H22ClFN4O2. The highest BCUT2D eigenvalue weighted by Crippen LogP contribution is 2.40. The molecule has 2 atom stereocenters. The Hall–Kier alpha value is -3.21. The summed E-state index contributed by atoms with van der Waals surface area (Å²) in [6.45, 7) is 2.93. The summed E-state index contributed by atoms with van der Waals surface area (Å²) < 4.78 is 16.0. The number of carbonyl (C=O) groups is 1. The molecule has 1 aliphatic heterocycles. The second-order valence-corrected chi connectivity index (χ2v) is 9.08. The van der Waals surface area contributed by atoms with E-state index in [2.05, 4.69) is 6.07 Å². The van der Waals surface area contributed by atoms with Crippen LogP contribution in [0.5, 0.6) is 0 Å². The van der Waals surface area contributed by atoms with E-state index < -0.39 is 11.9 Å². The number of aliphatic hydroxyl groups is 1. The van der Waals surface area contributed by atoms with Crippen LogP contribution in [-0.2, 0) is 30.7 Å². The summed E-state index contributed by atoms with van der Waals surface area (Å²) in [6.07, 6.45) is 0.304. The van der Waals surface area contributed by atoms with Gasteiger partial charge in [-0.1, -0.05) is 23.7 Å². The van der Waals surface area contributed by atoms with Gasteiger partial charge < -0.3 is 10.0 Å². The van der Waals surface area contributed by atoms with Crippen LogP contribution in [0.2, 0.25) is 5.02 Å². The Kier molecular flexibility index (Phi) is 5.43. The molecule has 33 heavy (non-hydrogen) atoms. The number of benzene rings is 2. The van der Waals surface area contributed by atoms with Crippen molar-refractivity contribution < 1.29 is 14.3 Å². The van der Waals surface area contributed by atoms with Crippen LogP contribution in [0.25, 0.3) is 11.3 Å². The number of hydrogen-bond donors (Lipinski definition) is 1. The zero-order valence-electron chi connectivity index (χ0n) is 18.1. The molecule has 0 fully saturated rings. The zero-order valence-corrected chi connectivity index (χ0v) is 18.8. The van der Waals surface area contributed by atoms with Crippen molar-refractivity contribution in [1.29, 1.82) is 5.26 Å². The van der Waals surface area contributed by atoms with Crippen LogP contribution in [-0.4, -0.2) is 38.3 Å². The molecule has 3 aromatic rings. The Balaban J connectivity index is 1.59. The van der Waals surface area contributed by atoms with Crippen molar-refractivity contribution in [3.8, 4) is 17.3 Å². The third kappa shape index (κ3) is 3.79. The lowest BCUT2D eigenvalue weighted by atomic mass is 9.98. The van der Waals surface area contributed by atoms with E-state index in [1.165, 1.54) is 12.1 Å². The van der Waals surface area contributed by atoms with Gasteiger partial charge >= 0.3 is 0 Å². The number of aromatic nitrogens is 2. The van der Waals surface area contributed by atoms with Crippen molar-refractivity contribution in [3.63, 3.8) is 0 Å². The highest BCUT2D eigenvalue weighted by Gasteiger charge is 2.35. The second kappa shape index (κ2) is 8.29. The predicted molar refractivity (Wildman–Crippen MR) is 121 cm³/mol. The maximum Gasteiger partial charge on any atom is 0.219 e. The molecule has 1 N–H and O–H groups in total. The van der Waals surface area contributed by atoms with Gasteiger partial charge in [0.2, 0.25) is 5.91 Å². The number of hydrogen-bond acceptors (Lipinski definition) is 4. The molecule has 1 amide bonds. The summed E-state index contributed by atoms with van der Waals surface area (Å²) in [6, 6.07) is 12.1. The molecule has 0 bridgehead atoms. The number of aliphatic hydroxyl groups excluding tert-OH is 1. The van der Waals surface area contributed by atoms with Gasteiger partial charge in [0.25, 0.3) is 0 Å². The maximum atomic E-state index is 14.1. The number of carbonyl (C=O) groups excluding carboxylic acids is 1. The van der Waals surface area contributed by atoms with Crippen LogP contribution in [0, 0.1) is 17.1 Å². The average Bonchev–Trinajstić information content (AvgIpc) is 3.32. The summed E-state index contributed by atoms with van der Waals surface area (Å²) in [5, 5.41) is 25.3. The van der Waals surface area contributed by atoms with Gasteiger partial charge in [0.15, 0.2) is 0 Å². The molecular weight excluding hydrogens is 443 g/mol. The first-order chi connectivity index (χ1) is 15.9. The first kappa shape index (κ1) is 21.6. The largest absolute Gasteiger partial charge is 0.392 e. The minimum absolute atomic E-state index is 0.00427. The average molecular weight is 465 g/mol. The standard InChI is InChI=1S/C25H22ClFN4O2/c1-14(32)30-6-5-23-21(12-30)25(16-4-2-3-15(7-16)11-28)29-31(23)13-20-18-8-17(27)9-22(26)19(18)10-24(20)33/h2-4,7-9,20,24,33H,5-6,10,12-13H2,1H3/t20?,24-/m1/s1. The van der Waals surface area contributed by atoms with E-state index in [9.17, 15) is 19.6 Å². The molecule has 0 radical (unpaired) electrons. The summed E-state index contributed by atoms with van der Waals surface area (Å²) in [5.41, 5.74) is 5.48. The molecule has 0 saturated carbocycles. The van der Waals surface area contributed by atoms with Crippen molar-refractivity contribution in [3.05, 3.63) is 75.2 Å². The number of nitrogens with zero attached hydrogens (tertiary/aromatic N) is 4. The molecule has 6 nitrogen and oxygen atoms in total. The molecule has 1 aliphatic carbocycles. The fourth-order valence-electron chi connectivity index (χ4n) is 5.01. The van der Waals surface area contributed by atoms with E-state index in [0.717, 1.165) is 28.1 Å². The minimum Gasteiger partial charge on any atom is -0.392 e. The first-order valence-electron chi connectivity index (χ1n) is 10.9. The van der Waals surface area contributed by atoms with Crippen LogP contribution in [0.3, 0.4) is 0 Å². The monoisotopic (exact) mass is 464 g/mol. The number of halogens is 2. The Morgan fingerprint density at radius 3 is 2.91 bits per heavy atom. The molecule has 168 valence electrons. The van der Waals surface area contributed by atoms with Crippen molar-refractivity contribution in [2.24, 2.45) is 0 Å².